The molecule has 1 heterocycles. The van der Waals surface area contributed by atoms with E-state index < -0.39 is 11.7 Å². The molecule has 1 aliphatic rings. The van der Waals surface area contributed by atoms with Gasteiger partial charge in [-0.2, -0.15) is 0 Å². The second-order valence-electron chi connectivity index (χ2n) is 5.72. The molecule has 7 heteroatoms. The van der Waals surface area contributed by atoms with Crippen LogP contribution in [0.5, 0.6) is 0 Å². The highest BCUT2D eigenvalue weighted by molar-refractivity contribution is 7.98. The quantitative estimate of drug-likeness (QED) is 0.811. The van der Waals surface area contributed by atoms with Gasteiger partial charge in [0.1, 0.15) is 5.82 Å². The van der Waals surface area contributed by atoms with Crippen molar-refractivity contribution in [1.82, 2.24) is 0 Å². The summed E-state index contributed by atoms with van der Waals surface area (Å²) >= 11 is 7.55. The van der Waals surface area contributed by atoms with Gasteiger partial charge in [0.05, 0.1) is 16.6 Å². The summed E-state index contributed by atoms with van der Waals surface area (Å²) in [6.45, 7) is 0.308. The fourth-order valence-corrected chi connectivity index (χ4v) is 3.34. The van der Waals surface area contributed by atoms with Crippen molar-refractivity contribution in [3.05, 3.63) is 53.3 Å². The number of amides is 2. The minimum absolute atomic E-state index is 0.0951. The van der Waals surface area contributed by atoms with Crippen LogP contribution in [0.3, 0.4) is 0 Å². The predicted octanol–water partition coefficient (Wildman–Crippen LogP) is 4.19. The van der Waals surface area contributed by atoms with Crippen LogP contribution >= 0.6 is 23.4 Å². The van der Waals surface area contributed by atoms with Crippen LogP contribution in [0, 0.1) is 11.7 Å². The summed E-state index contributed by atoms with van der Waals surface area (Å²) in [5.41, 5.74) is 1.11. The van der Waals surface area contributed by atoms with Crippen LogP contribution in [0.2, 0.25) is 5.02 Å². The van der Waals surface area contributed by atoms with E-state index in [4.69, 9.17) is 11.6 Å². The maximum atomic E-state index is 13.1. The normalized spacial score (nSPS) is 17.0. The van der Waals surface area contributed by atoms with Crippen molar-refractivity contribution in [3.63, 3.8) is 0 Å². The highest BCUT2D eigenvalue weighted by atomic mass is 35.5. The molecule has 25 heavy (non-hydrogen) atoms. The molecule has 1 aliphatic heterocycles. The molecule has 1 unspecified atom stereocenters. The lowest BCUT2D eigenvalue weighted by molar-refractivity contribution is -0.122. The number of hydrogen-bond acceptors (Lipinski definition) is 3. The number of carbonyl (C=O) groups is 2. The van der Waals surface area contributed by atoms with Crippen molar-refractivity contribution >= 4 is 46.6 Å². The van der Waals surface area contributed by atoms with Gasteiger partial charge in [-0.05, 0) is 48.7 Å². The van der Waals surface area contributed by atoms with Gasteiger partial charge in [0, 0.05) is 23.5 Å². The molecule has 4 nitrogen and oxygen atoms in total. The van der Waals surface area contributed by atoms with Gasteiger partial charge in [-0.15, -0.1) is 11.8 Å². The smallest absolute Gasteiger partial charge is 0.229 e. The van der Waals surface area contributed by atoms with Crippen LogP contribution in [0.25, 0.3) is 0 Å². The van der Waals surface area contributed by atoms with Gasteiger partial charge in [0.15, 0.2) is 0 Å². The number of halogens is 2. The third-order valence-electron chi connectivity index (χ3n) is 4.07. The lowest BCUT2D eigenvalue weighted by atomic mass is 10.1. The highest BCUT2D eigenvalue weighted by Crippen LogP contribution is 2.29. The molecular formula is C18H16ClFN2O2S. The summed E-state index contributed by atoms with van der Waals surface area (Å²) in [6, 6.07) is 11.4. The fourth-order valence-electron chi connectivity index (χ4n) is 2.72. The summed E-state index contributed by atoms with van der Waals surface area (Å²) in [7, 11) is 0. The van der Waals surface area contributed by atoms with Gasteiger partial charge in [0.2, 0.25) is 11.8 Å². The fraction of sp³-hybridized carbons (Fsp3) is 0.222. The standard InChI is InChI=1S/C18H16ClFN2O2S/c1-25-14-5-3-13(4-6-14)22-10-11(8-17(22)23)18(24)21-16-7-2-12(20)9-15(16)19/h2-7,9,11H,8,10H2,1H3,(H,21,24). The Kier molecular flexibility index (Phi) is 5.30. The Hall–Kier alpha value is -2.05. The average Bonchev–Trinajstić information content (AvgIpc) is 2.99. The number of nitrogens with one attached hydrogen (secondary N) is 1. The van der Waals surface area contributed by atoms with Crippen LogP contribution in [0.4, 0.5) is 15.8 Å². The Bertz CT molecular complexity index is 813. The third-order valence-corrected chi connectivity index (χ3v) is 5.13. The van der Waals surface area contributed by atoms with Crippen LogP contribution in [0.15, 0.2) is 47.4 Å². The Balaban J connectivity index is 1.69. The Morgan fingerprint density at radius 3 is 2.64 bits per heavy atom. The van der Waals surface area contributed by atoms with E-state index in [-0.39, 0.29) is 23.3 Å². The van der Waals surface area contributed by atoms with Crippen LogP contribution in [0.1, 0.15) is 6.42 Å². The third kappa shape index (κ3) is 3.96. The minimum atomic E-state index is -0.478. The van der Waals surface area contributed by atoms with E-state index in [1.54, 1.807) is 16.7 Å². The molecule has 1 fully saturated rings. The first kappa shape index (κ1) is 17.8. The van der Waals surface area contributed by atoms with Crippen molar-refractivity contribution in [2.45, 2.75) is 11.3 Å². The maximum absolute atomic E-state index is 13.1. The van der Waals surface area contributed by atoms with E-state index in [1.807, 2.05) is 30.5 Å². The average molecular weight is 379 g/mol. The van der Waals surface area contributed by atoms with Crippen molar-refractivity contribution in [1.29, 1.82) is 0 Å². The molecule has 2 aromatic carbocycles. The summed E-state index contributed by atoms with van der Waals surface area (Å²) < 4.78 is 13.1. The summed E-state index contributed by atoms with van der Waals surface area (Å²) in [5.74, 6) is -1.35. The first-order chi connectivity index (χ1) is 12.0. The van der Waals surface area contributed by atoms with Crippen molar-refractivity contribution in [2.24, 2.45) is 5.92 Å². The highest BCUT2D eigenvalue weighted by Gasteiger charge is 2.35. The zero-order valence-electron chi connectivity index (χ0n) is 13.5. The number of hydrogen-bond donors (Lipinski definition) is 1. The number of carbonyl (C=O) groups excluding carboxylic acids is 2. The first-order valence-corrected chi connectivity index (χ1v) is 9.28. The van der Waals surface area contributed by atoms with Gasteiger partial charge >= 0.3 is 0 Å². The zero-order chi connectivity index (χ0) is 18.0. The molecule has 0 aliphatic carbocycles. The first-order valence-electron chi connectivity index (χ1n) is 7.68. The minimum Gasteiger partial charge on any atom is -0.324 e. The predicted molar refractivity (Wildman–Crippen MR) is 98.7 cm³/mol. The lowest BCUT2D eigenvalue weighted by Gasteiger charge is -2.17. The van der Waals surface area contributed by atoms with E-state index in [2.05, 4.69) is 5.32 Å². The summed E-state index contributed by atoms with van der Waals surface area (Å²) in [4.78, 5) is 27.4. The summed E-state index contributed by atoms with van der Waals surface area (Å²) in [6.07, 6.45) is 2.12. The number of rotatable bonds is 4. The van der Waals surface area contributed by atoms with Gasteiger partial charge in [-0.1, -0.05) is 11.6 Å². The zero-order valence-corrected chi connectivity index (χ0v) is 15.0. The second-order valence-corrected chi connectivity index (χ2v) is 7.00. The molecule has 0 bridgehead atoms. The number of thioether (sulfide) groups is 1. The molecule has 1 saturated heterocycles. The number of benzene rings is 2. The molecule has 0 spiro atoms. The van der Waals surface area contributed by atoms with Crippen LogP contribution in [-0.2, 0) is 9.59 Å². The Morgan fingerprint density at radius 2 is 2.00 bits per heavy atom. The SMILES string of the molecule is CSc1ccc(N2CC(C(=O)Nc3ccc(F)cc3Cl)CC2=O)cc1. The molecule has 3 rings (SSSR count). The van der Waals surface area contributed by atoms with E-state index in [0.717, 1.165) is 16.6 Å². The molecule has 0 aromatic heterocycles. The molecular weight excluding hydrogens is 363 g/mol. The van der Waals surface area contributed by atoms with Gasteiger partial charge in [-0.3, -0.25) is 9.59 Å². The van der Waals surface area contributed by atoms with Gasteiger partial charge < -0.3 is 10.2 Å². The van der Waals surface area contributed by atoms with E-state index >= 15 is 0 Å². The van der Waals surface area contributed by atoms with E-state index in [0.29, 0.717) is 12.2 Å². The summed E-state index contributed by atoms with van der Waals surface area (Å²) in [5, 5.41) is 2.80. The van der Waals surface area contributed by atoms with E-state index in [1.165, 1.54) is 12.1 Å². The van der Waals surface area contributed by atoms with Crippen LogP contribution in [-0.4, -0.2) is 24.6 Å². The maximum Gasteiger partial charge on any atom is 0.229 e. The number of anilines is 2. The molecule has 1 N–H and O–H groups in total. The van der Waals surface area contributed by atoms with Gasteiger partial charge in [-0.25, -0.2) is 4.39 Å². The largest absolute Gasteiger partial charge is 0.324 e. The van der Waals surface area contributed by atoms with Crippen molar-refractivity contribution in [3.8, 4) is 0 Å². The molecule has 2 amide bonds. The molecule has 0 saturated carbocycles. The van der Waals surface area contributed by atoms with E-state index in [9.17, 15) is 14.0 Å². The molecule has 2 aromatic rings. The Morgan fingerprint density at radius 1 is 1.28 bits per heavy atom. The molecule has 1 atom stereocenters. The lowest BCUT2D eigenvalue weighted by Crippen LogP contribution is -2.28. The van der Waals surface area contributed by atoms with Gasteiger partial charge in [0.25, 0.3) is 0 Å². The monoisotopic (exact) mass is 378 g/mol. The second kappa shape index (κ2) is 7.45. The van der Waals surface area contributed by atoms with Crippen molar-refractivity contribution < 1.29 is 14.0 Å². The van der Waals surface area contributed by atoms with Crippen molar-refractivity contribution in [2.75, 3.05) is 23.0 Å². The number of nitrogens with zero attached hydrogens (tertiary/aromatic N) is 1. The van der Waals surface area contributed by atoms with Crippen LogP contribution < -0.4 is 10.2 Å². The topological polar surface area (TPSA) is 49.4 Å². The molecule has 0 radical (unpaired) electrons. The molecule has 130 valence electrons. The Labute approximate surface area is 154 Å².